The minimum absolute atomic E-state index is 1.03. The SMILES string of the molecule is CN1CCc2[nH]nc(N3CCNCC3)c2C1. The zero-order chi connectivity index (χ0) is 11.0. The molecule has 1 fully saturated rings. The monoisotopic (exact) mass is 221 g/mol. The second-order valence-electron chi connectivity index (χ2n) is 4.73. The van der Waals surface area contributed by atoms with Gasteiger partial charge in [0, 0.05) is 56.9 Å². The number of fused-ring (bicyclic) bond motifs is 1. The van der Waals surface area contributed by atoms with Crippen molar-refractivity contribution in [2.45, 2.75) is 13.0 Å². The van der Waals surface area contributed by atoms with Gasteiger partial charge < -0.3 is 15.1 Å². The van der Waals surface area contributed by atoms with E-state index in [0.29, 0.717) is 0 Å². The van der Waals surface area contributed by atoms with E-state index in [1.165, 1.54) is 17.1 Å². The number of hydrogen-bond acceptors (Lipinski definition) is 4. The lowest BCUT2D eigenvalue weighted by Gasteiger charge is -2.30. The molecule has 0 radical (unpaired) electrons. The third-order valence-corrected chi connectivity index (χ3v) is 3.52. The van der Waals surface area contributed by atoms with Crippen LogP contribution < -0.4 is 10.2 Å². The lowest BCUT2D eigenvalue weighted by atomic mass is 10.1. The average Bonchev–Trinajstić information content (AvgIpc) is 2.73. The average molecular weight is 221 g/mol. The number of piperazine rings is 1. The molecule has 0 saturated carbocycles. The van der Waals surface area contributed by atoms with Gasteiger partial charge in [0.1, 0.15) is 0 Å². The first-order valence-corrected chi connectivity index (χ1v) is 6.05. The van der Waals surface area contributed by atoms with Crippen LogP contribution in [0.5, 0.6) is 0 Å². The maximum atomic E-state index is 4.50. The number of likely N-dealkylation sites (N-methyl/N-ethyl adjacent to an activating group) is 1. The molecule has 1 aromatic heterocycles. The standard InChI is InChI=1S/C11H19N5/c1-15-5-2-10-9(8-15)11(14-13-10)16-6-3-12-4-7-16/h12H,2-8H2,1H3,(H,13,14). The molecule has 3 rings (SSSR count). The molecule has 0 spiro atoms. The largest absolute Gasteiger partial charge is 0.352 e. The number of aromatic nitrogens is 2. The molecule has 0 unspecified atom stereocenters. The summed E-state index contributed by atoms with van der Waals surface area (Å²) in [5.41, 5.74) is 2.75. The van der Waals surface area contributed by atoms with E-state index in [1.54, 1.807) is 0 Å². The highest BCUT2D eigenvalue weighted by molar-refractivity contribution is 5.50. The minimum Gasteiger partial charge on any atom is -0.352 e. The highest BCUT2D eigenvalue weighted by atomic mass is 15.3. The number of anilines is 1. The molecule has 1 saturated heterocycles. The van der Waals surface area contributed by atoms with Gasteiger partial charge in [-0.15, -0.1) is 0 Å². The molecule has 16 heavy (non-hydrogen) atoms. The molecule has 0 amide bonds. The minimum atomic E-state index is 1.03. The number of hydrogen-bond donors (Lipinski definition) is 2. The number of H-pyrrole nitrogens is 1. The Morgan fingerprint density at radius 3 is 2.81 bits per heavy atom. The second-order valence-corrected chi connectivity index (χ2v) is 4.73. The van der Waals surface area contributed by atoms with E-state index in [-0.39, 0.29) is 0 Å². The maximum absolute atomic E-state index is 4.50. The summed E-state index contributed by atoms with van der Waals surface area (Å²) in [7, 11) is 2.18. The topological polar surface area (TPSA) is 47.2 Å². The van der Waals surface area contributed by atoms with Crippen LogP contribution in [0.15, 0.2) is 0 Å². The van der Waals surface area contributed by atoms with Crippen LogP contribution in [0.1, 0.15) is 11.3 Å². The zero-order valence-corrected chi connectivity index (χ0v) is 9.79. The van der Waals surface area contributed by atoms with Crippen LogP contribution in [0, 0.1) is 0 Å². The van der Waals surface area contributed by atoms with Crippen molar-refractivity contribution in [1.29, 1.82) is 0 Å². The third-order valence-electron chi connectivity index (χ3n) is 3.52. The van der Waals surface area contributed by atoms with Gasteiger partial charge in [-0.25, -0.2) is 0 Å². The first-order chi connectivity index (χ1) is 7.84. The van der Waals surface area contributed by atoms with E-state index in [9.17, 15) is 0 Å². The molecule has 0 bridgehead atoms. The summed E-state index contributed by atoms with van der Waals surface area (Å²) in [5.74, 6) is 1.18. The van der Waals surface area contributed by atoms with E-state index >= 15 is 0 Å². The Bertz CT molecular complexity index is 366. The molecule has 2 N–H and O–H groups in total. The van der Waals surface area contributed by atoms with Crippen molar-refractivity contribution in [2.24, 2.45) is 0 Å². The van der Waals surface area contributed by atoms with Crippen LogP contribution >= 0.6 is 0 Å². The highest BCUT2D eigenvalue weighted by Crippen LogP contribution is 2.26. The summed E-state index contributed by atoms with van der Waals surface area (Å²) in [5, 5.41) is 11.1. The second kappa shape index (κ2) is 4.07. The van der Waals surface area contributed by atoms with E-state index in [1.807, 2.05) is 0 Å². The third kappa shape index (κ3) is 1.70. The fourth-order valence-corrected chi connectivity index (χ4v) is 2.55. The highest BCUT2D eigenvalue weighted by Gasteiger charge is 2.23. The summed E-state index contributed by atoms with van der Waals surface area (Å²) in [4.78, 5) is 4.76. The van der Waals surface area contributed by atoms with Crippen LogP contribution in [-0.2, 0) is 13.0 Å². The normalized spacial score (nSPS) is 22.2. The van der Waals surface area contributed by atoms with Crippen LogP contribution in [-0.4, -0.2) is 54.9 Å². The fourth-order valence-electron chi connectivity index (χ4n) is 2.55. The molecule has 0 aliphatic carbocycles. The van der Waals surface area contributed by atoms with E-state index in [2.05, 4.69) is 32.4 Å². The molecular formula is C11H19N5. The molecular weight excluding hydrogens is 202 g/mol. The fraction of sp³-hybridized carbons (Fsp3) is 0.727. The maximum Gasteiger partial charge on any atom is 0.155 e. The zero-order valence-electron chi connectivity index (χ0n) is 9.79. The Morgan fingerprint density at radius 2 is 2.00 bits per heavy atom. The van der Waals surface area contributed by atoms with Gasteiger partial charge in [-0.2, -0.15) is 5.10 Å². The molecule has 3 heterocycles. The molecule has 5 heteroatoms. The van der Waals surface area contributed by atoms with E-state index in [4.69, 9.17) is 0 Å². The molecule has 88 valence electrons. The lowest BCUT2D eigenvalue weighted by molar-refractivity contribution is 0.311. The number of nitrogens with one attached hydrogen (secondary N) is 2. The van der Waals surface area contributed by atoms with Crippen molar-refractivity contribution in [3.63, 3.8) is 0 Å². The smallest absolute Gasteiger partial charge is 0.155 e. The van der Waals surface area contributed by atoms with Gasteiger partial charge >= 0.3 is 0 Å². The summed E-state index contributed by atoms with van der Waals surface area (Å²) >= 11 is 0. The summed E-state index contributed by atoms with van der Waals surface area (Å²) in [6.45, 7) is 6.44. The molecule has 2 aliphatic heterocycles. The van der Waals surface area contributed by atoms with Crippen molar-refractivity contribution < 1.29 is 0 Å². The Labute approximate surface area is 95.8 Å². The van der Waals surface area contributed by atoms with Crippen LogP contribution in [0.2, 0.25) is 0 Å². The van der Waals surface area contributed by atoms with Gasteiger partial charge in [-0.3, -0.25) is 5.10 Å². The Morgan fingerprint density at radius 1 is 1.19 bits per heavy atom. The molecule has 5 nitrogen and oxygen atoms in total. The quantitative estimate of drug-likeness (QED) is 0.690. The van der Waals surface area contributed by atoms with Gasteiger partial charge in [0.2, 0.25) is 0 Å². The Balaban J connectivity index is 1.86. The lowest BCUT2D eigenvalue weighted by Crippen LogP contribution is -2.44. The molecule has 0 aromatic carbocycles. The van der Waals surface area contributed by atoms with Crippen molar-refractivity contribution in [2.75, 3.05) is 44.7 Å². The first kappa shape index (κ1) is 10.1. The Kier molecular flexibility index (Phi) is 2.57. The van der Waals surface area contributed by atoms with Crippen LogP contribution in [0.25, 0.3) is 0 Å². The van der Waals surface area contributed by atoms with Crippen molar-refractivity contribution in [3.05, 3.63) is 11.3 Å². The van der Waals surface area contributed by atoms with Gasteiger partial charge in [0.15, 0.2) is 5.82 Å². The number of nitrogens with zero attached hydrogens (tertiary/aromatic N) is 3. The molecule has 1 aromatic rings. The van der Waals surface area contributed by atoms with Gasteiger partial charge in [0.05, 0.1) is 0 Å². The van der Waals surface area contributed by atoms with E-state index in [0.717, 1.165) is 45.7 Å². The predicted octanol–water partition coefficient (Wildman–Crippen LogP) is -0.193. The number of aromatic amines is 1. The molecule has 0 atom stereocenters. The summed E-state index contributed by atoms with van der Waals surface area (Å²) in [6, 6.07) is 0. The van der Waals surface area contributed by atoms with Crippen molar-refractivity contribution in [3.8, 4) is 0 Å². The van der Waals surface area contributed by atoms with Gasteiger partial charge in [-0.1, -0.05) is 0 Å². The summed E-state index contributed by atoms with van der Waals surface area (Å²) in [6.07, 6.45) is 1.10. The van der Waals surface area contributed by atoms with Gasteiger partial charge in [-0.05, 0) is 7.05 Å². The molecule has 2 aliphatic rings. The van der Waals surface area contributed by atoms with Crippen LogP contribution in [0.4, 0.5) is 5.82 Å². The van der Waals surface area contributed by atoms with Crippen LogP contribution in [0.3, 0.4) is 0 Å². The van der Waals surface area contributed by atoms with Crippen molar-refractivity contribution >= 4 is 5.82 Å². The predicted molar refractivity (Wildman–Crippen MR) is 63.7 cm³/mol. The van der Waals surface area contributed by atoms with Gasteiger partial charge in [0.25, 0.3) is 0 Å². The summed E-state index contributed by atoms with van der Waals surface area (Å²) < 4.78 is 0. The first-order valence-electron chi connectivity index (χ1n) is 6.05. The number of rotatable bonds is 1. The Hall–Kier alpha value is -1.07. The van der Waals surface area contributed by atoms with E-state index < -0.39 is 0 Å². The van der Waals surface area contributed by atoms with Crippen molar-refractivity contribution in [1.82, 2.24) is 20.4 Å².